The number of rotatable bonds is 11. The summed E-state index contributed by atoms with van der Waals surface area (Å²) in [5, 5.41) is 0. The fourth-order valence-corrected chi connectivity index (χ4v) is 2.04. The molecule has 0 N–H and O–H groups in total. The Bertz CT molecular complexity index is 334. The lowest BCUT2D eigenvalue weighted by Crippen LogP contribution is -2.03. The van der Waals surface area contributed by atoms with Crippen LogP contribution in [-0.4, -0.2) is 19.3 Å². The second-order valence-electron chi connectivity index (χ2n) is 5.93. The molecule has 0 heterocycles. The van der Waals surface area contributed by atoms with Gasteiger partial charge >= 0.3 is 5.97 Å². The van der Waals surface area contributed by atoms with E-state index in [-0.39, 0.29) is 6.61 Å². The van der Waals surface area contributed by atoms with E-state index >= 15 is 0 Å². The molecule has 0 bridgehead atoms. The second-order valence-corrected chi connectivity index (χ2v) is 5.93. The van der Waals surface area contributed by atoms with E-state index in [0.29, 0.717) is 5.92 Å². The average Bonchev–Trinajstić information content (AvgIpc) is 2.44. The predicted octanol–water partition coefficient (Wildman–Crippen LogP) is 5.24. The highest BCUT2D eigenvalue weighted by Crippen LogP contribution is 2.17. The third-order valence-electron chi connectivity index (χ3n) is 3.68. The normalized spacial score (nSPS) is 15.2. The molecular weight excluding hydrogens is 267 g/mol. The zero-order valence-electron chi connectivity index (χ0n) is 14.0. The van der Waals surface area contributed by atoms with Gasteiger partial charge in [0.25, 0.3) is 0 Å². The van der Waals surface area contributed by atoms with Crippen molar-refractivity contribution in [2.45, 2.75) is 59.8 Å². The SMILES string of the molecule is CCC(C)CCCC(C)CC=CC(C)=CC(=O)OCCF. The van der Waals surface area contributed by atoms with Crippen LogP contribution in [0.1, 0.15) is 59.8 Å². The summed E-state index contributed by atoms with van der Waals surface area (Å²) >= 11 is 0. The topological polar surface area (TPSA) is 26.3 Å². The molecule has 2 unspecified atom stereocenters. The van der Waals surface area contributed by atoms with Crippen LogP contribution in [0.2, 0.25) is 0 Å². The number of esters is 1. The monoisotopic (exact) mass is 298 g/mol. The van der Waals surface area contributed by atoms with Crippen molar-refractivity contribution < 1.29 is 13.9 Å². The van der Waals surface area contributed by atoms with Crippen LogP contribution in [-0.2, 0) is 9.53 Å². The number of allylic oxidation sites excluding steroid dienone is 3. The Morgan fingerprint density at radius 1 is 1.24 bits per heavy atom. The van der Waals surface area contributed by atoms with E-state index in [4.69, 9.17) is 0 Å². The number of carbonyl (C=O) groups excluding carboxylic acids is 1. The zero-order chi connectivity index (χ0) is 16.1. The van der Waals surface area contributed by atoms with Gasteiger partial charge in [-0.2, -0.15) is 0 Å². The molecule has 0 amide bonds. The Hall–Kier alpha value is -1.12. The van der Waals surface area contributed by atoms with Gasteiger partial charge in [-0.05, 0) is 30.8 Å². The van der Waals surface area contributed by atoms with Crippen molar-refractivity contribution in [3.63, 3.8) is 0 Å². The molecule has 0 spiro atoms. The third kappa shape index (κ3) is 12.3. The summed E-state index contributed by atoms with van der Waals surface area (Å²) < 4.78 is 16.5. The van der Waals surface area contributed by atoms with Crippen LogP contribution in [0, 0.1) is 11.8 Å². The molecule has 0 aromatic rings. The number of carbonyl (C=O) groups is 1. The standard InChI is InChI=1S/C18H31FO2/c1-5-15(2)8-6-9-16(3)10-7-11-17(4)14-18(20)21-13-12-19/h7,11,14-16H,5-6,8-10,12-13H2,1-4H3. The van der Waals surface area contributed by atoms with Crippen LogP contribution < -0.4 is 0 Å². The second kappa shape index (κ2) is 12.6. The van der Waals surface area contributed by atoms with Crippen LogP contribution in [0.3, 0.4) is 0 Å². The Balaban J connectivity index is 3.91. The molecule has 0 radical (unpaired) electrons. The zero-order valence-corrected chi connectivity index (χ0v) is 14.0. The summed E-state index contributed by atoms with van der Waals surface area (Å²) in [5.74, 6) is 1.02. The molecule has 0 rings (SSSR count). The molecule has 2 atom stereocenters. The fraction of sp³-hybridized carbons (Fsp3) is 0.722. The van der Waals surface area contributed by atoms with E-state index < -0.39 is 12.6 Å². The number of alkyl halides is 1. The van der Waals surface area contributed by atoms with Gasteiger partial charge in [-0.1, -0.05) is 58.6 Å². The molecule has 0 aliphatic carbocycles. The fourth-order valence-electron chi connectivity index (χ4n) is 2.04. The van der Waals surface area contributed by atoms with Gasteiger partial charge in [-0.15, -0.1) is 0 Å². The number of hydrogen-bond donors (Lipinski definition) is 0. The first-order chi connectivity index (χ1) is 9.99. The minimum atomic E-state index is -0.636. The molecule has 0 fully saturated rings. The van der Waals surface area contributed by atoms with Crippen molar-refractivity contribution in [2.24, 2.45) is 11.8 Å². The average molecular weight is 298 g/mol. The minimum absolute atomic E-state index is 0.167. The number of ether oxygens (including phenoxy) is 1. The molecule has 3 heteroatoms. The van der Waals surface area contributed by atoms with Crippen molar-refractivity contribution in [3.8, 4) is 0 Å². The number of halogens is 1. The van der Waals surface area contributed by atoms with Crippen molar-refractivity contribution in [1.29, 1.82) is 0 Å². The van der Waals surface area contributed by atoms with E-state index in [1.807, 2.05) is 13.0 Å². The molecule has 2 nitrogen and oxygen atoms in total. The molecule has 0 saturated carbocycles. The summed E-state index contributed by atoms with van der Waals surface area (Å²) in [4.78, 5) is 11.2. The first-order valence-corrected chi connectivity index (χ1v) is 8.07. The van der Waals surface area contributed by atoms with Crippen molar-refractivity contribution in [1.82, 2.24) is 0 Å². The predicted molar refractivity (Wildman–Crippen MR) is 86.9 cm³/mol. The van der Waals surface area contributed by atoms with Gasteiger partial charge in [0.05, 0.1) is 0 Å². The van der Waals surface area contributed by atoms with E-state index in [0.717, 1.165) is 17.9 Å². The Labute approximate surface area is 129 Å². The van der Waals surface area contributed by atoms with E-state index in [2.05, 4.69) is 31.6 Å². The molecular formula is C18H31FO2. The van der Waals surface area contributed by atoms with Crippen molar-refractivity contribution in [3.05, 3.63) is 23.8 Å². The summed E-state index contributed by atoms with van der Waals surface area (Å²) in [6.45, 7) is 7.85. The highest BCUT2D eigenvalue weighted by Gasteiger charge is 2.03. The van der Waals surface area contributed by atoms with Crippen molar-refractivity contribution in [2.75, 3.05) is 13.3 Å². The molecule has 122 valence electrons. The summed E-state index contributed by atoms with van der Waals surface area (Å²) in [6.07, 6.45) is 11.6. The molecule has 0 saturated heterocycles. The van der Waals surface area contributed by atoms with E-state index in [9.17, 15) is 9.18 Å². The largest absolute Gasteiger partial charge is 0.460 e. The maximum atomic E-state index is 11.8. The maximum absolute atomic E-state index is 11.8. The lowest BCUT2D eigenvalue weighted by Gasteiger charge is -2.11. The van der Waals surface area contributed by atoms with Gasteiger partial charge in [0.2, 0.25) is 0 Å². The lowest BCUT2D eigenvalue weighted by atomic mass is 9.95. The van der Waals surface area contributed by atoms with Gasteiger partial charge in [0.15, 0.2) is 0 Å². The highest BCUT2D eigenvalue weighted by atomic mass is 19.1. The summed E-state index contributed by atoms with van der Waals surface area (Å²) in [7, 11) is 0. The molecule has 0 aliphatic rings. The first-order valence-electron chi connectivity index (χ1n) is 8.07. The van der Waals surface area contributed by atoms with Gasteiger partial charge < -0.3 is 4.74 Å². The number of hydrogen-bond acceptors (Lipinski definition) is 2. The van der Waals surface area contributed by atoms with Crippen LogP contribution in [0.5, 0.6) is 0 Å². The van der Waals surface area contributed by atoms with Crippen LogP contribution in [0.25, 0.3) is 0 Å². The maximum Gasteiger partial charge on any atom is 0.331 e. The van der Waals surface area contributed by atoms with Crippen LogP contribution in [0.15, 0.2) is 23.8 Å². The Morgan fingerprint density at radius 2 is 1.90 bits per heavy atom. The van der Waals surface area contributed by atoms with Gasteiger partial charge in [0.1, 0.15) is 13.3 Å². The Kier molecular flexibility index (Phi) is 11.9. The lowest BCUT2D eigenvalue weighted by molar-refractivity contribution is -0.138. The van der Waals surface area contributed by atoms with Gasteiger partial charge in [0, 0.05) is 6.08 Å². The Morgan fingerprint density at radius 3 is 2.52 bits per heavy atom. The first kappa shape index (κ1) is 19.9. The molecule has 21 heavy (non-hydrogen) atoms. The quantitative estimate of drug-likeness (QED) is 0.296. The summed E-state index contributed by atoms with van der Waals surface area (Å²) in [5.41, 5.74) is 0.839. The smallest absolute Gasteiger partial charge is 0.331 e. The van der Waals surface area contributed by atoms with Crippen LogP contribution in [0.4, 0.5) is 4.39 Å². The van der Waals surface area contributed by atoms with Crippen molar-refractivity contribution >= 4 is 5.97 Å². The molecule has 0 aliphatic heterocycles. The molecule has 0 aromatic heterocycles. The van der Waals surface area contributed by atoms with Gasteiger partial charge in [-0.3, -0.25) is 0 Å². The highest BCUT2D eigenvalue weighted by molar-refractivity contribution is 5.83. The van der Waals surface area contributed by atoms with E-state index in [1.165, 1.54) is 31.8 Å². The molecule has 0 aromatic carbocycles. The van der Waals surface area contributed by atoms with Gasteiger partial charge in [-0.25, -0.2) is 9.18 Å². The minimum Gasteiger partial charge on any atom is -0.460 e. The van der Waals surface area contributed by atoms with Crippen LogP contribution >= 0.6 is 0 Å². The third-order valence-corrected chi connectivity index (χ3v) is 3.68. The van der Waals surface area contributed by atoms with E-state index in [1.54, 1.807) is 0 Å². The summed E-state index contributed by atoms with van der Waals surface area (Å²) in [6, 6.07) is 0.